The molecule has 1 unspecified atom stereocenters. The lowest BCUT2D eigenvalue weighted by molar-refractivity contribution is 0.0635. The molecule has 1 fully saturated rings. The highest BCUT2D eigenvalue weighted by Gasteiger charge is 2.24. The van der Waals surface area contributed by atoms with Crippen LogP contribution in [0.25, 0.3) is 10.9 Å². The zero-order valence-corrected chi connectivity index (χ0v) is 17.2. The van der Waals surface area contributed by atoms with Gasteiger partial charge in [0.05, 0.1) is 5.56 Å². The van der Waals surface area contributed by atoms with E-state index in [0.29, 0.717) is 27.7 Å². The number of anilines is 1. The van der Waals surface area contributed by atoms with Gasteiger partial charge in [-0.15, -0.1) is 0 Å². The van der Waals surface area contributed by atoms with Crippen molar-refractivity contribution in [3.05, 3.63) is 75.6 Å². The Labute approximate surface area is 174 Å². The number of nitrogens with zero attached hydrogens (tertiary/aromatic N) is 1. The summed E-state index contributed by atoms with van der Waals surface area (Å²) in [6, 6.07) is 14.1. The molecule has 0 radical (unpaired) electrons. The van der Waals surface area contributed by atoms with Crippen molar-refractivity contribution in [3.63, 3.8) is 0 Å². The lowest BCUT2D eigenvalue weighted by Crippen LogP contribution is -2.42. The maximum Gasteiger partial charge on any atom is 0.256 e. The Balaban J connectivity index is 1.58. The fourth-order valence-electron chi connectivity index (χ4n) is 4.08. The molecule has 1 aliphatic heterocycles. The topological polar surface area (TPSA) is 82.3 Å². The molecule has 154 valence electrons. The summed E-state index contributed by atoms with van der Waals surface area (Å²) in [5, 5.41) is 3.56. The first-order valence-electron chi connectivity index (χ1n) is 10.3. The summed E-state index contributed by atoms with van der Waals surface area (Å²) in [5.41, 5.74) is 2.65. The molecule has 2 amide bonds. The van der Waals surface area contributed by atoms with Gasteiger partial charge in [-0.05, 0) is 62.9 Å². The Bertz CT molecular complexity index is 1180. The second kappa shape index (κ2) is 8.14. The number of aryl methyl sites for hydroxylation is 1. The third kappa shape index (κ3) is 3.85. The molecule has 6 heteroatoms. The standard InChI is InChI=1S/C24H25N3O3/c1-15-13-17(24(30)27-12-6-5-7-16(27)2)10-11-20(15)26-23(29)19-14-22(28)25-21-9-4-3-8-18(19)21/h3-4,8-11,13-14,16H,5-7,12H2,1-2H3,(H,25,28)(H,26,29). The number of piperidine rings is 1. The number of rotatable bonds is 3. The van der Waals surface area contributed by atoms with Crippen LogP contribution in [0.1, 0.15) is 52.5 Å². The number of hydrogen-bond acceptors (Lipinski definition) is 3. The van der Waals surface area contributed by atoms with Gasteiger partial charge in [-0.2, -0.15) is 0 Å². The van der Waals surface area contributed by atoms with Crippen LogP contribution >= 0.6 is 0 Å². The SMILES string of the molecule is Cc1cc(C(=O)N2CCCCC2C)ccc1NC(=O)c1cc(=O)[nH]c2ccccc12. The summed E-state index contributed by atoms with van der Waals surface area (Å²) in [6.07, 6.45) is 3.22. The minimum Gasteiger partial charge on any atom is -0.336 e. The lowest BCUT2D eigenvalue weighted by Gasteiger charge is -2.33. The van der Waals surface area contributed by atoms with E-state index in [0.717, 1.165) is 31.4 Å². The van der Waals surface area contributed by atoms with Crippen LogP contribution in [0.3, 0.4) is 0 Å². The number of fused-ring (bicyclic) bond motifs is 1. The zero-order chi connectivity index (χ0) is 21.3. The first-order valence-corrected chi connectivity index (χ1v) is 10.3. The molecule has 3 aromatic rings. The number of carbonyl (C=O) groups is 2. The van der Waals surface area contributed by atoms with Crippen LogP contribution in [0, 0.1) is 6.92 Å². The van der Waals surface area contributed by atoms with Gasteiger partial charge in [0.2, 0.25) is 5.56 Å². The minimum atomic E-state index is -0.357. The monoisotopic (exact) mass is 403 g/mol. The summed E-state index contributed by atoms with van der Waals surface area (Å²) >= 11 is 0. The molecular formula is C24H25N3O3. The van der Waals surface area contributed by atoms with Crippen molar-refractivity contribution < 1.29 is 9.59 Å². The van der Waals surface area contributed by atoms with Crippen molar-refractivity contribution in [2.24, 2.45) is 0 Å². The molecule has 2 heterocycles. The number of aromatic amines is 1. The van der Waals surface area contributed by atoms with E-state index in [1.165, 1.54) is 6.07 Å². The second-order valence-corrected chi connectivity index (χ2v) is 7.92. The van der Waals surface area contributed by atoms with E-state index in [4.69, 9.17) is 0 Å². The van der Waals surface area contributed by atoms with E-state index in [9.17, 15) is 14.4 Å². The van der Waals surface area contributed by atoms with Crippen LogP contribution in [0.2, 0.25) is 0 Å². The van der Waals surface area contributed by atoms with Gasteiger partial charge in [0.1, 0.15) is 0 Å². The summed E-state index contributed by atoms with van der Waals surface area (Å²) in [5.74, 6) is -0.326. The van der Waals surface area contributed by atoms with Crippen LogP contribution in [-0.4, -0.2) is 34.3 Å². The normalized spacial score (nSPS) is 16.5. The second-order valence-electron chi connectivity index (χ2n) is 7.92. The Hall–Kier alpha value is -3.41. The molecule has 6 nitrogen and oxygen atoms in total. The maximum atomic E-state index is 12.9. The average Bonchev–Trinajstić information content (AvgIpc) is 2.74. The van der Waals surface area contributed by atoms with Crippen molar-refractivity contribution in [1.29, 1.82) is 0 Å². The fraction of sp³-hybridized carbons (Fsp3) is 0.292. The molecule has 1 aliphatic rings. The highest BCUT2D eigenvalue weighted by Crippen LogP contribution is 2.23. The largest absolute Gasteiger partial charge is 0.336 e. The number of benzene rings is 2. The highest BCUT2D eigenvalue weighted by molar-refractivity contribution is 6.12. The van der Waals surface area contributed by atoms with Crippen LogP contribution in [0.5, 0.6) is 0 Å². The van der Waals surface area contributed by atoms with Gasteiger partial charge in [0.25, 0.3) is 11.8 Å². The van der Waals surface area contributed by atoms with Crippen LogP contribution < -0.4 is 10.9 Å². The van der Waals surface area contributed by atoms with Gasteiger partial charge in [-0.3, -0.25) is 14.4 Å². The number of likely N-dealkylation sites (tertiary alicyclic amines) is 1. The maximum absolute atomic E-state index is 12.9. The molecule has 1 saturated heterocycles. The minimum absolute atomic E-state index is 0.0313. The van der Waals surface area contributed by atoms with Crippen molar-refractivity contribution in [3.8, 4) is 0 Å². The molecule has 0 spiro atoms. The summed E-state index contributed by atoms with van der Waals surface area (Å²) in [7, 11) is 0. The number of amides is 2. The number of hydrogen-bond donors (Lipinski definition) is 2. The van der Waals surface area contributed by atoms with Crippen molar-refractivity contribution in [1.82, 2.24) is 9.88 Å². The summed E-state index contributed by atoms with van der Waals surface area (Å²) < 4.78 is 0. The van der Waals surface area contributed by atoms with Gasteiger partial charge in [0.15, 0.2) is 0 Å². The molecule has 2 aromatic carbocycles. The van der Waals surface area contributed by atoms with Crippen molar-refractivity contribution in [2.45, 2.75) is 39.2 Å². The van der Waals surface area contributed by atoms with Gasteiger partial charge < -0.3 is 15.2 Å². The van der Waals surface area contributed by atoms with Gasteiger partial charge in [0, 0.05) is 40.8 Å². The van der Waals surface area contributed by atoms with Crippen LogP contribution in [-0.2, 0) is 0 Å². The third-order valence-corrected chi connectivity index (χ3v) is 5.78. The van der Waals surface area contributed by atoms with Crippen molar-refractivity contribution in [2.75, 3.05) is 11.9 Å². The zero-order valence-electron chi connectivity index (χ0n) is 17.2. The first kappa shape index (κ1) is 19.9. The van der Waals surface area contributed by atoms with Gasteiger partial charge in [-0.1, -0.05) is 18.2 Å². The molecule has 4 rings (SSSR count). The number of H-pyrrole nitrogens is 1. The number of para-hydroxylation sites is 1. The van der Waals surface area contributed by atoms with E-state index in [1.807, 2.05) is 30.0 Å². The lowest BCUT2D eigenvalue weighted by atomic mass is 10.0. The summed E-state index contributed by atoms with van der Waals surface area (Å²) in [4.78, 5) is 42.4. The molecule has 0 bridgehead atoms. The molecule has 0 saturated carbocycles. The predicted molar refractivity (Wildman–Crippen MR) is 118 cm³/mol. The van der Waals surface area contributed by atoms with Crippen LogP contribution in [0.4, 0.5) is 5.69 Å². The Morgan fingerprint density at radius 2 is 1.90 bits per heavy atom. The smallest absolute Gasteiger partial charge is 0.256 e. The van der Waals surface area contributed by atoms with E-state index in [-0.39, 0.29) is 23.4 Å². The van der Waals surface area contributed by atoms with Gasteiger partial charge in [-0.25, -0.2) is 0 Å². The summed E-state index contributed by atoms with van der Waals surface area (Å²) in [6.45, 7) is 4.74. The molecule has 30 heavy (non-hydrogen) atoms. The molecular weight excluding hydrogens is 378 g/mol. The predicted octanol–water partition coefficient (Wildman–Crippen LogP) is 4.10. The van der Waals surface area contributed by atoms with Crippen molar-refractivity contribution >= 4 is 28.4 Å². The Kier molecular flexibility index (Phi) is 5.40. The Morgan fingerprint density at radius 1 is 1.10 bits per heavy atom. The fourth-order valence-corrected chi connectivity index (χ4v) is 4.08. The number of aromatic nitrogens is 1. The first-order chi connectivity index (χ1) is 14.4. The number of nitrogens with one attached hydrogen (secondary N) is 2. The highest BCUT2D eigenvalue weighted by atomic mass is 16.2. The molecule has 2 N–H and O–H groups in total. The van der Waals surface area contributed by atoms with E-state index >= 15 is 0 Å². The quantitative estimate of drug-likeness (QED) is 0.691. The third-order valence-electron chi connectivity index (χ3n) is 5.78. The average molecular weight is 403 g/mol. The van der Waals surface area contributed by atoms with Crippen LogP contribution in [0.15, 0.2) is 53.3 Å². The molecule has 1 aromatic heterocycles. The molecule has 0 aliphatic carbocycles. The number of carbonyl (C=O) groups excluding carboxylic acids is 2. The van der Waals surface area contributed by atoms with E-state index in [2.05, 4.69) is 17.2 Å². The molecule has 1 atom stereocenters. The van der Waals surface area contributed by atoms with E-state index < -0.39 is 0 Å². The Morgan fingerprint density at radius 3 is 2.67 bits per heavy atom. The van der Waals surface area contributed by atoms with E-state index in [1.54, 1.807) is 24.3 Å². The van der Waals surface area contributed by atoms with Gasteiger partial charge >= 0.3 is 0 Å². The number of pyridine rings is 1.